The minimum Gasteiger partial charge on any atom is -0.465 e. The Morgan fingerprint density at radius 1 is 1.69 bits per heavy atom. The Labute approximate surface area is 103 Å². The maximum Gasteiger partial charge on any atom is 0.341 e. The normalized spacial score (nSPS) is 10.0. The van der Waals surface area contributed by atoms with E-state index in [9.17, 15) is 13.6 Å². The first-order chi connectivity index (χ1) is 7.51. The molecule has 0 aromatic carbocycles. The first-order valence-electron chi connectivity index (χ1n) is 3.98. The van der Waals surface area contributed by atoms with E-state index in [0.717, 1.165) is 13.2 Å². The molecule has 0 saturated carbocycles. The highest BCUT2D eigenvalue weighted by atomic mass is 127. The minimum atomic E-state index is -2.78. The highest BCUT2D eigenvalue weighted by molar-refractivity contribution is 14.1. The number of rotatable bonds is 2. The number of carbonyl (C=O) groups excluding carboxylic acids is 1. The van der Waals surface area contributed by atoms with Gasteiger partial charge in [0.25, 0.3) is 6.43 Å². The van der Waals surface area contributed by atoms with Crippen molar-refractivity contribution in [2.24, 2.45) is 0 Å². The molecule has 0 N–H and O–H groups in total. The zero-order chi connectivity index (χ0) is 12.3. The van der Waals surface area contributed by atoms with Crippen LogP contribution in [0.5, 0.6) is 0 Å². The number of pyridine rings is 1. The molecule has 16 heavy (non-hydrogen) atoms. The Hall–Kier alpha value is -1.30. The predicted octanol–water partition coefficient (Wildman–Crippen LogP) is 2.28. The van der Waals surface area contributed by atoms with Crippen molar-refractivity contribution in [3.05, 3.63) is 26.6 Å². The molecule has 0 spiro atoms. The summed E-state index contributed by atoms with van der Waals surface area (Å²) in [4.78, 5) is 14.8. The number of hydrogen-bond donors (Lipinski definition) is 0. The summed E-state index contributed by atoms with van der Waals surface area (Å²) in [5.74, 6) is -0.769. The smallest absolute Gasteiger partial charge is 0.341 e. The summed E-state index contributed by atoms with van der Waals surface area (Å²) in [6.45, 7) is 0. The lowest BCUT2D eigenvalue weighted by molar-refractivity contribution is 0.0598. The van der Waals surface area contributed by atoms with Crippen molar-refractivity contribution in [2.45, 2.75) is 6.43 Å². The Kier molecular flexibility index (Phi) is 4.12. The molecule has 0 bridgehead atoms. The van der Waals surface area contributed by atoms with Crippen molar-refractivity contribution in [3.8, 4) is 6.07 Å². The molecule has 4 nitrogen and oxygen atoms in total. The summed E-state index contributed by atoms with van der Waals surface area (Å²) in [5, 5.41) is 8.76. The highest BCUT2D eigenvalue weighted by Gasteiger charge is 2.21. The fourth-order valence-corrected chi connectivity index (χ4v) is 1.82. The van der Waals surface area contributed by atoms with Crippen LogP contribution in [0.2, 0.25) is 0 Å². The largest absolute Gasteiger partial charge is 0.465 e. The van der Waals surface area contributed by atoms with E-state index in [2.05, 4.69) is 9.72 Å². The molecular formula is C9H5F2IN2O2. The fraction of sp³-hybridized carbons (Fsp3) is 0.222. The zero-order valence-electron chi connectivity index (χ0n) is 8.00. The second-order valence-electron chi connectivity index (χ2n) is 2.66. The van der Waals surface area contributed by atoms with Crippen LogP contribution in [0.4, 0.5) is 8.78 Å². The van der Waals surface area contributed by atoms with E-state index >= 15 is 0 Å². The lowest BCUT2D eigenvalue weighted by atomic mass is 10.1. The van der Waals surface area contributed by atoms with Crippen molar-refractivity contribution in [3.63, 3.8) is 0 Å². The first kappa shape index (κ1) is 12.8. The van der Waals surface area contributed by atoms with Gasteiger partial charge in [0, 0.05) is 0 Å². The summed E-state index contributed by atoms with van der Waals surface area (Å²) in [5.41, 5.74) is -0.787. The molecule has 0 radical (unpaired) electrons. The predicted molar refractivity (Wildman–Crippen MR) is 58.0 cm³/mol. The molecule has 0 unspecified atom stereocenters. The number of esters is 1. The maximum atomic E-state index is 12.4. The molecule has 1 heterocycles. The summed E-state index contributed by atoms with van der Waals surface area (Å²) in [6, 6.07) is 2.56. The summed E-state index contributed by atoms with van der Waals surface area (Å²) in [6.07, 6.45) is -2.78. The van der Waals surface area contributed by atoms with Crippen LogP contribution in [0.1, 0.15) is 28.0 Å². The molecule has 7 heteroatoms. The van der Waals surface area contributed by atoms with Gasteiger partial charge in [0.15, 0.2) is 0 Å². The average molecular weight is 338 g/mol. The highest BCUT2D eigenvalue weighted by Crippen LogP contribution is 2.23. The standard InChI is InChI=1S/C9H5F2IN2O2/c1-16-9(15)6-4(3-13)2-5(7(10)11)14-8(6)12/h2,7H,1H3. The number of carbonyl (C=O) groups is 1. The molecule has 0 aliphatic carbocycles. The summed E-state index contributed by atoms with van der Waals surface area (Å²) < 4.78 is 29.2. The molecule has 0 atom stereocenters. The monoisotopic (exact) mass is 338 g/mol. The Bertz CT molecular complexity index is 471. The van der Waals surface area contributed by atoms with E-state index in [0.29, 0.717) is 0 Å². The van der Waals surface area contributed by atoms with Crippen LogP contribution < -0.4 is 0 Å². The SMILES string of the molecule is COC(=O)c1c(C#N)cc(C(F)F)nc1I. The van der Waals surface area contributed by atoms with Crippen LogP contribution in [0.3, 0.4) is 0 Å². The second kappa shape index (κ2) is 5.16. The number of halogens is 3. The van der Waals surface area contributed by atoms with Gasteiger partial charge in [-0.25, -0.2) is 18.6 Å². The summed E-state index contributed by atoms with van der Waals surface area (Å²) >= 11 is 1.61. The number of ether oxygens (including phenoxy) is 1. The van der Waals surface area contributed by atoms with Gasteiger partial charge in [-0.05, 0) is 28.7 Å². The molecule has 1 aromatic heterocycles. The molecule has 0 saturated heterocycles. The van der Waals surface area contributed by atoms with Gasteiger partial charge >= 0.3 is 5.97 Å². The number of hydrogen-bond acceptors (Lipinski definition) is 4. The number of alkyl halides is 2. The summed E-state index contributed by atoms with van der Waals surface area (Å²) in [7, 11) is 1.14. The van der Waals surface area contributed by atoms with Crippen molar-refractivity contribution < 1.29 is 18.3 Å². The van der Waals surface area contributed by atoms with Crippen LogP contribution in [0.25, 0.3) is 0 Å². The third-order valence-corrected chi connectivity index (χ3v) is 2.51. The van der Waals surface area contributed by atoms with Crippen molar-refractivity contribution in [2.75, 3.05) is 7.11 Å². The Balaban J connectivity index is 3.42. The van der Waals surface area contributed by atoms with Gasteiger partial charge in [-0.15, -0.1) is 0 Å². The van der Waals surface area contributed by atoms with E-state index in [-0.39, 0.29) is 14.8 Å². The molecule has 0 aliphatic heterocycles. The van der Waals surface area contributed by atoms with Gasteiger partial charge in [-0.2, -0.15) is 5.26 Å². The van der Waals surface area contributed by atoms with Gasteiger partial charge in [0.2, 0.25) is 0 Å². The van der Waals surface area contributed by atoms with Crippen LogP contribution in [-0.2, 0) is 4.74 Å². The third-order valence-electron chi connectivity index (χ3n) is 1.73. The van der Waals surface area contributed by atoms with E-state index < -0.39 is 18.1 Å². The van der Waals surface area contributed by atoms with Gasteiger partial charge in [-0.1, -0.05) is 0 Å². The van der Waals surface area contributed by atoms with Crippen LogP contribution in [0, 0.1) is 15.0 Å². The Morgan fingerprint density at radius 2 is 2.31 bits per heavy atom. The average Bonchev–Trinajstić information content (AvgIpc) is 2.26. The lowest BCUT2D eigenvalue weighted by Crippen LogP contribution is -2.10. The van der Waals surface area contributed by atoms with Crippen molar-refractivity contribution in [1.82, 2.24) is 4.98 Å². The number of nitriles is 1. The van der Waals surface area contributed by atoms with Gasteiger partial charge < -0.3 is 4.74 Å². The van der Waals surface area contributed by atoms with Crippen molar-refractivity contribution >= 4 is 28.6 Å². The van der Waals surface area contributed by atoms with E-state index in [4.69, 9.17) is 5.26 Å². The second-order valence-corrected chi connectivity index (χ2v) is 3.69. The Morgan fingerprint density at radius 3 is 2.75 bits per heavy atom. The molecule has 1 rings (SSSR count). The topological polar surface area (TPSA) is 63.0 Å². The van der Waals surface area contributed by atoms with E-state index in [1.165, 1.54) is 0 Å². The molecular weight excluding hydrogens is 333 g/mol. The molecule has 0 fully saturated rings. The first-order valence-corrected chi connectivity index (χ1v) is 5.06. The van der Waals surface area contributed by atoms with E-state index in [1.54, 1.807) is 28.7 Å². The molecule has 0 amide bonds. The molecule has 84 valence electrons. The fourth-order valence-electron chi connectivity index (χ4n) is 1.03. The lowest BCUT2D eigenvalue weighted by Gasteiger charge is -2.06. The van der Waals surface area contributed by atoms with Crippen LogP contribution >= 0.6 is 22.6 Å². The minimum absolute atomic E-state index is 0.0267. The molecule has 1 aromatic rings. The zero-order valence-corrected chi connectivity index (χ0v) is 10.2. The van der Waals surface area contributed by atoms with Gasteiger partial charge in [0.1, 0.15) is 21.0 Å². The van der Waals surface area contributed by atoms with Gasteiger partial charge in [0.05, 0.1) is 12.7 Å². The third kappa shape index (κ3) is 2.44. The van der Waals surface area contributed by atoms with Crippen LogP contribution in [-0.4, -0.2) is 18.1 Å². The quantitative estimate of drug-likeness (QED) is 0.472. The molecule has 0 aliphatic rings. The van der Waals surface area contributed by atoms with Crippen molar-refractivity contribution in [1.29, 1.82) is 5.26 Å². The van der Waals surface area contributed by atoms with E-state index in [1.807, 2.05) is 0 Å². The number of aromatic nitrogens is 1. The van der Waals surface area contributed by atoms with Gasteiger partial charge in [-0.3, -0.25) is 0 Å². The number of methoxy groups -OCH3 is 1. The maximum absolute atomic E-state index is 12.4. The van der Waals surface area contributed by atoms with Crippen LogP contribution in [0.15, 0.2) is 6.07 Å². The number of nitrogens with zero attached hydrogens (tertiary/aromatic N) is 2.